The van der Waals surface area contributed by atoms with Gasteiger partial charge in [0, 0.05) is 29.2 Å². The first-order valence-electron chi connectivity index (χ1n) is 7.12. The lowest BCUT2D eigenvalue weighted by atomic mass is 10.0. The van der Waals surface area contributed by atoms with E-state index in [9.17, 15) is 0 Å². The molecule has 3 heteroatoms. The topological polar surface area (TPSA) is 24.9 Å². The lowest BCUT2D eigenvalue weighted by molar-refractivity contribution is 0.701. The van der Waals surface area contributed by atoms with Crippen molar-refractivity contribution in [3.63, 3.8) is 0 Å². The maximum absolute atomic E-state index is 6.32. The standard InChI is InChI=1S/C16H19ClN2/c1-2-18-15-10-14(11-6-3-4-7-11)19-16-12(15)8-5-9-13(16)17/h5,8-11H,2-4,6-7H2,1H3,(H,18,19). The first-order valence-corrected chi connectivity index (χ1v) is 7.50. The predicted molar refractivity (Wildman–Crippen MR) is 82.1 cm³/mol. The SMILES string of the molecule is CCNc1cc(C2CCCC2)nc2c(Cl)cccc12. The van der Waals surface area contributed by atoms with E-state index in [0.29, 0.717) is 5.92 Å². The van der Waals surface area contributed by atoms with Crippen LogP contribution >= 0.6 is 11.6 Å². The van der Waals surface area contributed by atoms with Crippen molar-refractivity contribution in [2.24, 2.45) is 0 Å². The van der Waals surface area contributed by atoms with Crippen molar-refractivity contribution in [3.8, 4) is 0 Å². The van der Waals surface area contributed by atoms with Crippen molar-refractivity contribution in [2.75, 3.05) is 11.9 Å². The summed E-state index contributed by atoms with van der Waals surface area (Å²) in [4.78, 5) is 4.83. The fraction of sp³-hybridized carbons (Fsp3) is 0.438. The highest BCUT2D eigenvalue weighted by molar-refractivity contribution is 6.35. The van der Waals surface area contributed by atoms with Crippen LogP contribution in [0, 0.1) is 0 Å². The van der Waals surface area contributed by atoms with Crippen LogP contribution in [0.2, 0.25) is 5.02 Å². The van der Waals surface area contributed by atoms with Gasteiger partial charge in [-0.3, -0.25) is 4.98 Å². The third-order valence-corrected chi connectivity index (χ3v) is 4.26. The van der Waals surface area contributed by atoms with Gasteiger partial charge in [-0.15, -0.1) is 0 Å². The lowest BCUT2D eigenvalue weighted by Crippen LogP contribution is -2.03. The highest BCUT2D eigenvalue weighted by atomic mass is 35.5. The third kappa shape index (κ3) is 2.42. The smallest absolute Gasteiger partial charge is 0.0912 e. The van der Waals surface area contributed by atoms with Gasteiger partial charge in [0.1, 0.15) is 0 Å². The summed E-state index contributed by atoms with van der Waals surface area (Å²) in [5.74, 6) is 0.609. The maximum Gasteiger partial charge on any atom is 0.0912 e. The monoisotopic (exact) mass is 274 g/mol. The summed E-state index contributed by atoms with van der Waals surface area (Å²) >= 11 is 6.32. The number of nitrogens with one attached hydrogen (secondary N) is 1. The minimum Gasteiger partial charge on any atom is -0.385 e. The Hall–Kier alpha value is -1.28. The summed E-state index contributed by atoms with van der Waals surface area (Å²) in [6, 6.07) is 8.22. The summed E-state index contributed by atoms with van der Waals surface area (Å²) in [5, 5.41) is 5.31. The number of hydrogen-bond acceptors (Lipinski definition) is 2. The molecule has 1 saturated carbocycles. The molecule has 0 aliphatic heterocycles. The first-order chi connectivity index (χ1) is 9.29. The van der Waals surface area contributed by atoms with Crippen molar-refractivity contribution >= 4 is 28.2 Å². The minimum absolute atomic E-state index is 0.609. The predicted octanol–water partition coefficient (Wildman–Crippen LogP) is 4.98. The Morgan fingerprint density at radius 3 is 2.84 bits per heavy atom. The van der Waals surface area contributed by atoms with E-state index < -0.39 is 0 Å². The van der Waals surface area contributed by atoms with Gasteiger partial charge in [0.2, 0.25) is 0 Å². The number of anilines is 1. The van der Waals surface area contributed by atoms with E-state index in [1.165, 1.54) is 31.4 Å². The number of halogens is 1. The maximum atomic E-state index is 6.32. The molecule has 0 bridgehead atoms. The molecule has 0 amide bonds. The largest absolute Gasteiger partial charge is 0.385 e. The molecule has 1 aromatic heterocycles. The molecule has 0 saturated heterocycles. The highest BCUT2D eigenvalue weighted by Gasteiger charge is 2.20. The lowest BCUT2D eigenvalue weighted by Gasteiger charge is -2.15. The molecule has 0 radical (unpaired) electrons. The van der Waals surface area contributed by atoms with Crippen LogP contribution in [-0.2, 0) is 0 Å². The Morgan fingerprint density at radius 1 is 1.32 bits per heavy atom. The van der Waals surface area contributed by atoms with Gasteiger partial charge in [-0.25, -0.2) is 0 Å². The molecule has 1 fully saturated rings. The summed E-state index contributed by atoms with van der Waals surface area (Å²) in [7, 11) is 0. The van der Waals surface area contributed by atoms with E-state index >= 15 is 0 Å². The van der Waals surface area contributed by atoms with Crippen molar-refractivity contribution in [3.05, 3.63) is 35.0 Å². The molecule has 2 aromatic rings. The second-order valence-electron chi connectivity index (χ2n) is 5.24. The molecule has 0 atom stereocenters. The Balaban J connectivity index is 2.16. The summed E-state index contributed by atoms with van der Waals surface area (Å²) in [6.45, 7) is 3.03. The zero-order chi connectivity index (χ0) is 13.2. The van der Waals surface area contributed by atoms with E-state index in [4.69, 9.17) is 16.6 Å². The Kier molecular flexibility index (Phi) is 3.61. The number of rotatable bonds is 3. The number of hydrogen-bond donors (Lipinski definition) is 1. The summed E-state index contributed by atoms with van der Waals surface area (Å²) < 4.78 is 0. The van der Waals surface area contributed by atoms with E-state index in [1.807, 2.05) is 12.1 Å². The van der Waals surface area contributed by atoms with Crippen LogP contribution in [0.5, 0.6) is 0 Å². The van der Waals surface area contributed by atoms with Crippen molar-refractivity contribution in [2.45, 2.75) is 38.5 Å². The first kappa shape index (κ1) is 12.7. The van der Waals surface area contributed by atoms with Crippen LogP contribution in [0.4, 0.5) is 5.69 Å². The number of fused-ring (bicyclic) bond motifs is 1. The molecular weight excluding hydrogens is 256 g/mol. The molecule has 1 heterocycles. The molecule has 1 aliphatic carbocycles. The van der Waals surface area contributed by atoms with Gasteiger partial charge in [0.25, 0.3) is 0 Å². The molecule has 100 valence electrons. The number of para-hydroxylation sites is 1. The molecule has 2 nitrogen and oxygen atoms in total. The molecule has 0 unspecified atom stereocenters. The van der Waals surface area contributed by atoms with Gasteiger partial charge in [-0.1, -0.05) is 36.6 Å². The fourth-order valence-corrected chi connectivity index (χ4v) is 3.22. The average molecular weight is 275 g/mol. The van der Waals surface area contributed by atoms with Crippen LogP contribution in [0.25, 0.3) is 10.9 Å². The minimum atomic E-state index is 0.609. The molecule has 19 heavy (non-hydrogen) atoms. The third-order valence-electron chi connectivity index (χ3n) is 3.95. The quantitative estimate of drug-likeness (QED) is 0.854. The van der Waals surface area contributed by atoms with Gasteiger partial charge in [-0.05, 0) is 31.9 Å². The Bertz CT molecular complexity index is 589. The summed E-state index contributed by atoms with van der Waals surface area (Å²) in [5.41, 5.74) is 3.30. The van der Waals surface area contributed by atoms with Gasteiger partial charge in [0.15, 0.2) is 0 Å². The summed E-state index contributed by atoms with van der Waals surface area (Å²) in [6.07, 6.45) is 5.16. The van der Waals surface area contributed by atoms with Crippen LogP contribution in [0.15, 0.2) is 24.3 Å². The van der Waals surface area contributed by atoms with Crippen molar-refractivity contribution < 1.29 is 0 Å². The molecule has 3 rings (SSSR count). The number of aromatic nitrogens is 1. The second-order valence-corrected chi connectivity index (χ2v) is 5.65. The van der Waals surface area contributed by atoms with Gasteiger partial charge >= 0.3 is 0 Å². The van der Waals surface area contributed by atoms with Crippen molar-refractivity contribution in [1.82, 2.24) is 4.98 Å². The van der Waals surface area contributed by atoms with Crippen molar-refractivity contribution in [1.29, 1.82) is 0 Å². The Morgan fingerprint density at radius 2 is 2.11 bits per heavy atom. The zero-order valence-electron chi connectivity index (χ0n) is 11.2. The number of nitrogens with zero attached hydrogens (tertiary/aromatic N) is 1. The second kappa shape index (κ2) is 5.38. The fourth-order valence-electron chi connectivity index (χ4n) is 3.00. The van der Waals surface area contributed by atoms with Gasteiger partial charge < -0.3 is 5.32 Å². The molecule has 1 N–H and O–H groups in total. The van der Waals surface area contributed by atoms with Crippen LogP contribution < -0.4 is 5.32 Å². The normalized spacial score (nSPS) is 16.1. The van der Waals surface area contributed by atoms with Gasteiger partial charge in [0.05, 0.1) is 10.5 Å². The average Bonchev–Trinajstić information content (AvgIpc) is 2.94. The van der Waals surface area contributed by atoms with E-state index in [0.717, 1.165) is 28.2 Å². The molecule has 1 aromatic carbocycles. The van der Waals surface area contributed by atoms with Crippen LogP contribution in [0.3, 0.4) is 0 Å². The molecule has 1 aliphatic rings. The van der Waals surface area contributed by atoms with E-state index in [2.05, 4.69) is 24.4 Å². The number of benzene rings is 1. The zero-order valence-corrected chi connectivity index (χ0v) is 12.0. The molecular formula is C16H19ClN2. The van der Waals surface area contributed by atoms with Crippen LogP contribution in [-0.4, -0.2) is 11.5 Å². The van der Waals surface area contributed by atoms with Crippen LogP contribution in [0.1, 0.15) is 44.2 Å². The number of pyridine rings is 1. The highest BCUT2D eigenvalue weighted by Crippen LogP contribution is 2.37. The molecule has 0 spiro atoms. The van der Waals surface area contributed by atoms with Gasteiger partial charge in [-0.2, -0.15) is 0 Å². The van der Waals surface area contributed by atoms with E-state index in [1.54, 1.807) is 0 Å². The Labute approximate surface area is 119 Å². The van der Waals surface area contributed by atoms with E-state index in [-0.39, 0.29) is 0 Å².